The van der Waals surface area contributed by atoms with Crippen molar-refractivity contribution in [3.63, 3.8) is 0 Å². The van der Waals surface area contributed by atoms with Gasteiger partial charge in [-0.15, -0.1) is 0 Å². The third-order valence-electron chi connectivity index (χ3n) is 4.05. The molecule has 0 aliphatic heterocycles. The van der Waals surface area contributed by atoms with E-state index in [0.717, 1.165) is 31.4 Å². The normalized spacial score (nSPS) is 16.4. The van der Waals surface area contributed by atoms with Gasteiger partial charge in [0.05, 0.1) is 0 Å². The lowest BCUT2D eigenvalue weighted by Crippen LogP contribution is -2.34. The number of hydrogen-bond donors (Lipinski definition) is 1. The van der Waals surface area contributed by atoms with E-state index in [1.165, 1.54) is 43.9 Å². The maximum absolute atomic E-state index is 5.98. The number of anilines is 1. The number of nitrogens with zero attached hydrogens (tertiary/aromatic N) is 3. The molecular weight excluding hydrogens is 304 g/mol. The van der Waals surface area contributed by atoms with E-state index in [2.05, 4.69) is 27.2 Å². The molecule has 0 unspecified atom stereocenters. The van der Waals surface area contributed by atoms with E-state index in [0.29, 0.717) is 10.3 Å². The lowest BCUT2D eigenvalue weighted by atomic mass is 9.94. The van der Waals surface area contributed by atoms with Gasteiger partial charge in [-0.25, -0.2) is 9.97 Å². The highest BCUT2D eigenvalue weighted by Gasteiger charge is 2.17. The van der Waals surface area contributed by atoms with Crippen LogP contribution in [0.15, 0.2) is 11.2 Å². The van der Waals surface area contributed by atoms with E-state index in [9.17, 15) is 0 Å². The van der Waals surface area contributed by atoms with Crippen LogP contribution in [-0.2, 0) is 0 Å². The summed E-state index contributed by atoms with van der Waals surface area (Å²) in [5.74, 6) is 0.819. The summed E-state index contributed by atoms with van der Waals surface area (Å²) < 4.78 is 0. The Bertz CT molecular complexity index is 438. The van der Waals surface area contributed by atoms with E-state index in [-0.39, 0.29) is 0 Å². The number of nitrogens with one attached hydrogen (secondary N) is 1. The van der Waals surface area contributed by atoms with Crippen LogP contribution in [0.5, 0.6) is 0 Å². The second-order valence-electron chi connectivity index (χ2n) is 5.62. The molecule has 1 saturated carbocycles. The quantitative estimate of drug-likeness (QED) is 0.355. The number of thioether (sulfide) groups is 1. The third-order valence-corrected chi connectivity index (χ3v) is 4.79. The molecule has 118 valence electrons. The molecule has 6 heteroatoms. The maximum Gasteiger partial charge on any atom is 0.190 e. The summed E-state index contributed by atoms with van der Waals surface area (Å²) in [4.78, 5) is 11.1. The molecule has 1 heterocycles. The van der Waals surface area contributed by atoms with Crippen molar-refractivity contribution >= 4 is 29.2 Å². The Morgan fingerprint density at radius 2 is 2.10 bits per heavy atom. The van der Waals surface area contributed by atoms with E-state index in [1.54, 1.807) is 6.07 Å². The fourth-order valence-corrected chi connectivity index (χ4v) is 3.44. The second-order valence-corrected chi connectivity index (χ2v) is 6.78. The molecule has 1 aliphatic carbocycles. The minimum absolute atomic E-state index is 0.496. The largest absolute Gasteiger partial charge is 0.370 e. The lowest BCUT2D eigenvalue weighted by Gasteiger charge is -2.31. The van der Waals surface area contributed by atoms with Crippen molar-refractivity contribution < 1.29 is 0 Å². The predicted molar refractivity (Wildman–Crippen MR) is 91.4 cm³/mol. The van der Waals surface area contributed by atoms with Crippen molar-refractivity contribution in [3.8, 4) is 0 Å². The van der Waals surface area contributed by atoms with Crippen LogP contribution < -0.4 is 5.32 Å². The van der Waals surface area contributed by atoms with Gasteiger partial charge in [0, 0.05) is 18.7 Å². The maximum atomic E-state index is 5.98. The molecule has 0 radical (unpaired) electrons. The highest BCUT2D eigenvalue weighted by atomic mass is 35.5. The molecule has 0 amide bonds. The Morgan fingerprint density at radius 1 is 1.33 bits per heavy atom. The Kier molecular flexibility index (Phi) is 7.07. The van der Waals surface area contributed by atoms with Crippen LogP contribution in [0.2, 0.25) is 5.15 Å². The van der Waals surface area contributed by atoms with Crippen molar-refractivity contribution in [1.82, 2.24) is 14.9 Å². The van der Waals surface area contributed by atoms with Crippen molar-refractivity contribution in [2.45, 2.75) is 49.7 Å². The third kappa shape index (κ3) is 5.64. The van der Waals surface area contributed by atoms with Gasteiger partial charge in [0.25, 0.3) is 0 Å². The minimum atomic E-state index is 0.496. The number of hydrogen-bond acceptors (Lipinski definition) is 5. The van der Waals surface area contributed by atoms with Crippen molar-refractivity contribution in [2.24, 2.45) is 0 Å². The topological polar surface area (TPSA) is 41.1 Å². The SMILES string of the molecule is CSc1nc(Cl)cc(NCCCN(C)C2CCCCC2)n1. The summed E-state index contributed by atoms with van der Waals surface area (Å²) in [5, 5.41) is 4.55. The van der Waals surface area contributed by atoms with Gasteiger partial charge in [-0.1, -0.05) is 42.6 Å². The zero-order valence-electron chi connectivity index (χ0n) is 12.9. The van der Waals surface area contributed by atoms with Gasteiger partial charge in [0.2, 0.25) is 0 Å². The molecule has 2 rings (SSSR count). The monoisotopic (exact) mass is 328 g/mol. The van der Waals surface area contributed by atoms with Gasteiger partial charge < -0.3 is 10.2 Å². The first-order chi connectivity index (χ1) is 10.2. The second kappa shape index (κ2) is 8.81. The van der Waals surface area contributed by atoms with Crippen LogP contribution in [0.25, 0.3) is 0 Å². The Hall–Kier alpha value is -0.520. The van der Waals surface area contributed by atoms with E-state index < -0.39 is 0 Å². The summed E-state index contributed by atoms with van der Waals surface area (Å²) in [6.45, 7) is 2.05. The van der Waals surface area contributed by atoms with Crippen LogP contribution in [0.4, 0.5) is 5.82 Å². The smallest absolute Gasteiger partial charge is 0.190 e. The molecule has 0 aromatic carbocycles. The van der Waals surface area contributed by atoms with Gasteiger partial charge in [-0.05, 0) is 39.1 Å². The first kappa shape index (κ1) is 16.8. The molecule has 1 fully saturated rings. The van der Waals surface area contributed by atoms with Gasteiger partial charge in [0.15, 0.2) is 5.16 Å². The van der Waals surface area contributed by atoms with Crippen LogP contribution >= 0.6 is 23.4 Å². The zero-order valence-corrected chi connectivity index (χ0v) is 14.5. The van der Waals surface area contributed by atoms with Crippen molar-refractivity contribution in [3.05, 3.63) is 11.2 Å². The molecule has 21 heavy (non-hydrogen) atoms. The van der Waals surface area contributed by atoms with Gasteiger partial charge in [-0.2, -0.15) is 0 Å². The summed E-state index contributed by atoms with van der Waals surface area (Å²) in [6.07, 6.45) is 10.00. The lowest BCUT2D eigenvalue weighted by molar-refractivity contribution is 0.191. The first-order valence-corrected chi connectivity index (χ1v) is 9.32. The zero-order chi connectivity index (χ0) is 15.1. The predicted octanol–water partition coefficient (Wildman–Crippen LogP) is 3.92. The van der Waals surface area contributed by atoms with E-state index in [4.69, 9.17) is 11.6 Å². The van der Waals surface area contributed by atoms with E-state index >= 15 is 0 Å². The van der Waals surface area contributed by atoms with E-state index in [1.807, 2.05) is 6.26 Å². The molecule has 1 aliphatic rings. The molecule has 1 aromatic rings. The number of halogens is 1. The number of rotatable bonds is 7. The van der Waals surface area contributed by atoms with Crippen molar-refractivity contribution in [2.75, 3.05) is 31.7 Å². The van der Waals surface area contributed by atoms with Crippen LogP contribution in [0, 0.1) is 0 Å². The minimum Gasteiger partial charge on any atom is -0.370 e. The van der Waals surface area contributed by atoms with Crippen LogP contribution in [0.1, 0.15) is 38.5 Å². The fraction of sp³-hybridized carbons (Fsp3) is 0.733. The van der Waals surface area contributed by atoms with Crippen LogP contribution in [-0.4, -0.2) is 47.3 Å². The Labute approximate surface area is 137 Å². The Morgan fingerprint density at radius 3 is 2.81 bits per heavy atom. The molecule has 0 bridgehead atoms. The average molecular weight is 329 g/mol. The molecule has 1 N–H and O–H groups in total. The summed E-state index contributed by atoms with van der Waals surface area (Å²) in [7, 11) is 2.25. The summed E-state index contributed by atoms with van der Waals surface area (Å²) >= 11 is 7.49. The van der Waals surface area contributed by atoms with Gasteiger partial charge in [-0.3, -0.25) is 0 Å². The molecule has 0 spiro atoms. The molecule has 1 aromatic heterocycles. The molecular formula is C15H25ClN4S. The highest BCUT2D eigenvalue weighted by molar-refractivity contribution is 7.98. The molecule has 0 atom stereocenters. The molecule has 4 nitrogen and oxygen atoms in total. The van der Waals surface area contributed by atoms with Gasteiger partial charge in [0.1, 0.15) is 11.0 Å². The summed E-state index contributed by atoms with van der Waals surface area (Å²) in [5.41, 5.74) is 0. The Balaban J connectivity index is 1.70. The number of aromatic nitrogens is 2. The highest BCUT2D eigenvalue weighted by Crippen LogP contribution is 2.21. The molecule has 0 saturated heterocycles. The first-order valence-electron chi connectivity index (χ1n) is 7.71. The summed E-state index contributed by atoms with van der Waals surface area (Å²) in [6, 6.07) is 2.57. The van der Waals surface area contributed by atoms with Crippen molar-refractivity contribution in [1.29, 1.82) is 0 Å². The fourth-order valence-electron chi connectivity index (χ4n) is 2.83. The van der Waals surface area contributed by atoms with Gasteiger partial charge >= 0.3 is 0 Å². The van der Waals surface area contributed by atoms with Crippen LogP contribution in [0.3, 0.4) is 0 Å². The standard InChI is InChI=1S/C15H25ClN4S/c1-20(12-7-4-3-5-8-12)10-6-9-17-14-11-13(16)18-15(19-14)21-2/h11-12H,3-10H2,1-2H3,(H,17,18,19). The average Bonchev–Trinajstić information content (AvgIpc) is 2.51.